The van der Waals surface area contributed by atoms with Crippen LogP contribution >= 0.6 is 34.8 Å². The van der Waals surface area contributed by atoms with Crippen molar-refractivity contribution in [3.05, 3.63) is 0 Å². The molecule has 0 saturated heterocycles. The highest BCUT2D eigenvalue weighted by Gasteiger charge is 2.42. The highest BCUT2D eigenvalue weighted by atomic mass is 35.6. The van der Waals surface area contributed by atoms with Crippen LogP contribution in [0.3, 0.4) is 0 Å². The van der Waals surface area contributed by atoms with Crippen molar-refractivity contribution >= 4 is 34.8 Å². The van der Waals surface area contributed by atoms with Gasteiger partial charge in [-0.2, -0.15) is 0 Å². The van der Waals surface area contributed by atoms with Gasteiger partial charge in [-0.05, 0) is 18.8 Å². The first-order chi connectivity index (χ1) is 4.02. The van der Waals surface area contributed by atoms with Crippen LogP contribution in [-0.2, 0) is 0 Å². The first kappa shape index (κ1) is 7.93. The molecule has 1 saturated carbocycles. The van der Waals surface area contributed by atoms with Gasteiger partial charge in [-0.25, -0.2) is 0 Å². The van der Waals surface area contributed by atoms with Gasteiger partial charge in [-0.1, -0.05) is 34.8 Å². The maximum atomic E-state index is 9.13. The predicted octanol–water partition coefficient (Wildman–Crippen LogP) is 2.13. The molecule has 1 atom stereocenters. The van der Waals surface area contributed by atoms with Crippen molar-refractivity contribution in [3.8, 4) is 0 Å². The Hall–Kier alpha value is 0.830. The van der Waals surface area contributed by atoms with Crippen LogP contribution in [-0.4, -0.2) is 15.0 Å². The van der Waals surface area contributed by atoms with E-state index in [0.29, 0.717) is 0 Å². The second-order valence-corrected chi connectivity index (χ2v) is 4.69. The van der Waals surface area contributed by atoms with E-state index >= 15 is 0 Å². The van der Waals surface area contributed by atoms with Gasteiger partial charge in [0.15, 0.2) is 0 Å². The lowest BCUT2D eigenvalue weighted by molar-refractivity contribution is 0.155. The number of hydrogen-bond acceptors (Lipinski definition) is 1. The van der Waals surface area contributed by atoms with Gasteiger partial charge < -0.3 is 5.11 Å². The molecule has 1 nitrogen and oxygen atoms in total. The molecule has 0 aromatic rings. The summed E-state index contributed by atoms with van der Waals surface area (Å²) in [5.41, 5.74) is 0. The number of aliphatic hydroxyl groups is 1. The van der Waals surface area contributed by atoms with Gasteiger partial charge >= 0.3 is 0 Å². The van der Waals surface area contributed by atoms with Crippen molar-refractivity contribution < 1.29 is 5.11 Å². The molecular formula is C5H7Cl3O. The van der Waals surface area contributed by atoms with E-state index in [2.05, 4.69) is 0 Å². The average Bonchev–Trinajstić information content (AvgIpc) is 2.40. The van der Waals surface area contributed by atoms with Crippen LogP contribution < -0.4 is 0 Å². The van der Waals surface area contributed by atoms with Gasteiger partial charge in [0.25, 0.3) is 0 Å². The zero-order valence-electron chi connectivity index (χ0n) is 4.65. The molecule has 1 fully saturated rings. The Morgan fingerprint density at radius 1 is 1.33 bits per heavy atom. The molecule has 0 aromatic carbocycles. The lowest BCUT2D eigenvalue weighted by Crippen LogP contribution is -2.26. The van der Waals surface area contributed by atoms with Gasteiger partial charge in [0, 0.05) is 0 Å². The van der Waals surface area contributed by atoms with Gasteiger partial charge in [0.1, 0.15) is 6.10 Å². The fourth-order valence-electron chi connectivity index (χ4n) is 0.679. The van der Waals surface area contributed by atoms with E-state index in [1.807, 2.05) is 0 Å². The summed E-state index contributed by atoms with van der Waals surface area (Å²) >= 11 is 16.2. The van der Waals surface area contributed by atoms with Crippen molar-refractivity contribution in [1.29, 1.82) is 0 Å². The third kappa shape index (κ3) is 2.15. The fraction of sp³-hybridized carbons (Fsp3) is 1.00. The monoisotopic (exact) mass is 188 g/mol. The van der Waals surface area contributed by atoms with E-state index in [-0.39, 0.29) is 5.92 Å². The maximum absolute atomic E-state index is 9.13. The molecule has 0 aromatic heterocycles. The van der Waals surface area contributed by atoms with E-state index in [0.717, 1.165) is 12.8 Å². The minimum Gasteiger partial charge on any atom is -0.388 e. The van der Waals surface area contributed by atoms with Crippen molar-refractivity contribution in [3.63, 3.8) is 0 Å². The molecule has 0 radical (unpaired) electrons. The number of hydrogen-bond donors (Lipinski definition) is 1. The summed E-state index contributed by atoms with van der Waals surface area (Å²) in [6.45, 7) is 0. The molecule has 0 bridgehead atoms. The Labute approximate surface area is 68.9 Å². The van der Waals surface area contributed by atoms with Crippen LogP contribution in [0.15, 0.2) is 0 Å². The van der Waals surface area contributed by atoms with Crippen LogP contribution in [0.25, 0.3) is 0 Å². The van der Waals surface area contributed by atoms with Gasteiger partial charge in [-0.3, -0.25) is 0 Å². The van der Waals surface area contributed by atoms with Gasteiger partial charge in [0.2, 0.25) is 3.79 Å². The Bertz CT molecular complexity index is 105. The second kappa shape index (κ2) is 2.46. The minimum absolute atomic E-state index is 0.220. The Balaban J connectivity index is 2.40. The van der Waals surface area contributed by atoms with Crippen LogP contribution in [0.1, 0.15) is 12.8 Å². The van der Waals surface area contributed by atoms with Crippen molar-refractivity contribution in [2.45, 2.75) is 22.7 Å². The molecule has 0 spiro atoms. The number of alkyl halides is 3. The number of halogens is 3. The van der Waals surface area contributed by atoms with E-state index in [1.54, 1.807) is 0 Å². The molecule has 1 aliphatic rings. The van der Waals surface area contributed by atoms with E-state index in [1.165, 1.54) is 0 Å². The molecule has 1 unspecified atom stereocenters. The summed E-state index contributed by atoms with van der Waals surface area (Å²) in [5.74, 6) is 0.220. The molecule has 54 valence electrons. The molecule has 4 heteroatoms. The highest BCUT2D eigenvalue weighted by molar-refractivity contribution is 6.68. The van der Waals surface area contributed by atoms with E-state index in [9.17, 15) is 0 Å². The van der Waals surface area contributed by atoms with Crippen LogP contribution in [0.4, 0.5) is 0 Å². The minimum atomic E-state index is -1.48. The fourth-order valence-corrected chi connectivity index (χ4v) is 1.21. The largest absolute Gasteiger partial charge is 0.388 e. The molecule has 1 rings (SSSR count). The third-order valence-corrected chi connectivity index (χ3v) is 2.07. The van der Waals surface area contributed by atoms with E-state index < -0.39 is 9.90 Å². The average molecular weight is 189 g/mol. The van der Waals surface area contributed by atoms with Gasteiger partial charge in [0.05, 0.1) is 0 Å². The zero-order chi connectivity index (χ0) is 7.07. The molecule has 0 heterocycles. The normalized spacial score (nSPS) is 24.0. The Morgan fingerprint density at radius 3 is 1.89 bits per heavy atom. The van der Waals surface area contributed by atoms with Crippen molar-refractivity contribution in [2.75, 3.05) is 0 Å². The first-order valence-electron chi connectivity index (χ1n) is 2.76. The summed E-state index contributed by atoms with van der Waals surface area (Å²) in [6.07, 6.45) is 1.19. The van der Waals surface area contributed by atoms with E-state index in [4.69, 9.17) is 39.9 Å². The molecule has 0 amide bonds. The Kier molecular flexibility index (Phi) is 2.17. The summed E-state index contributed by atoms with van der Waals surface area (Å²) < 4.78 is -1.48. The highest BCUT2D eigenvalue weighted by Crippen LogP contribution is 2.43. The van der Waals surface area contributed by atoms with Crippen molar-refractivity contribution in [1.82, 2.24) is 0 Å². The standard InChI is InChI=1S/C5H7Cl3O/c6-5(7,8)4(9)3-1-2-3/h3-4,9H,1-2H2. The quantitative estimate of drug-likeness (QED) is 0.627. The first-order valence-corrected chi connectivity index (χ1v) is 3.90. The molecule has 9 heavy (non-hydrogen) atoms. The lowest BCUT2D eigenvalue weighted by Gasteiger charge is -2.17. The van der Waals surface area contributed by atoms with Crippen LogP contribution in [0, 0.1) is 5.92 Å². The SMILES string of the molecule is OC(C1CC1)C(Cl)(Cl)Cl. The Morgan fingerprint density at radius 2 is 1.78 bits per heavy atom. The van der Waals surface area contributed by atoms with Crippen molar-refractivity contribution in [2.24, 2.45) is 5.92 Å². The summed E-state index contributed by atoms with van der Waals surface area (Å²) in [6, 6.07) is 0. The number of rotatable bonds is 1. The number of aliphatic hydroxyl groups excluding tert-OH is 1. The molecule has 1 aliphatic carbocycles. The summed E-state index contributed by atoms with van der Waals surface area (Å²) in [5, 5.41) is 9.13. The zero-order valence-corrected chi connectivity index (χ0v) is 6.92. The smallest absolute Gasteiger partial charge is 0.216 e. The second-order valence-electron chi connectivity index (χ2n) is 2.32. The van der Waals surface area contributed by atoms with Crippen LogP contribution in [0.2, 0.25) is 0 Å². The topological polar surface area (TPSA) is 20.2 Å². The maximum Gasteiger partial charge on any atom is 0.216 e. The third-order valence-electron chi connectivity index (χ3n) is 1.40. The van der Waals surface area contributed by atoms with Gasteiger partial charge in [-0.15, -0.1) is 0 Å². The molecule has 1 N–H and O–H groups in total. The lowest BCUT2D eigenvalue weighted by atomic mass is 10.3. The predicted molar refractivity (Wildman–Crippen MR) is 39.0 cm³/mol. The summed E-state index contributed by atoms with van der Waals surface area (Å²) in [7, 11) is 0. The van der Waals surface area contributed by atoms with Crippen LogP contribution in [0.5, 0.6) is 0 Å². The molecular weight excluding hydrogens is 182 g/mol. The molecule has 0 aliphatic heterocycles. The summed E-state index contributed by atoms with van der Waals surface area (Å²) in [4.78, 5) is 0.